The van der Waals surface area contributed by atoms with Gasteiger partial charge in [-0.3, -0.25) is 9.59 Å². The zero-order chi connectivity index (χ0) is 18.8. The van der Waals surface area contributed by atoms with Crippen molar-refractivity contribution < 1.29 is 18.4 Å². The van der Waals surface area contributed by atoms with Gasteiger partial charge >= 0.3 is 0 Å². The number of hydrogen-bond donors (Lipinski definition) is 1. The Hall–Kier alpha value is -2.76. The Morgan fingerprint density at radius 1 is 1.04 bits per heavy atom. The second-order valence-corrected chi connectivity index (χ2v) is 6.73. The predicted molar refractivity (Wildman–Crippen MR) is 94.7 cm³/mol. The summed E-state index contributed by atoms with van der Waals surface area (Å²) in [5, 5.41) is 2.69. The topological polar surface area (TPSA) is 49.4 Å². The largest absolute Gasteiger partial charge is 0.338 e. The van der Waals surface area contributed by atoms with Gasteiger partial charge in [0.25, 0.3) is 5.91 Å². The quantitative estimate of drug-likeness (QED) is 0.908. The van der Waals surface area contributed by atoms with Gasteiger partial charge in [-0.15, -0.1) is 0 Å². The molecule has 2 aromatic rings. The summed E-state index contributed by atoms with van der Waals surface area (Å²) >= 11 is 0. The number of carbonyl (C=O) groups is 2. The number of amides is 2. The monoisotopic (exact) mass is 358 g/mol. The minimum absolute atomic E-state index is 0.0400. The zero-order valence-electron chi connectivity index (χ0n) is 14.7. The maximum Gasteiger partial charge on any atom is 0.255 e. The van der Waals surface area contributed by atoms with Crippen LogP contribution in [-0.2, 0) is 17.8 Å². The highest BCUT2D eigenvalue weighted by Gasteiger charge is 2.23. The molecule has 0 atom stereocenters. The van der Waals surface area contributed by atoms with Crippen molar-refractivity contribution in [3.8, 4) is 0 Å². The molecule has 136 valence electrons. The summed E-state index contributed by atoms with van der Waals surface area (Å²) in [5.41, 5.74) is 2.72. The van der Waals surface area contributed by atoms with Gasteiger partial charge in [0.1, 0.15) is 0 Å². The van der Waals surface area contributed by atoms with Gasteiger partial charge in [-0.2, -0.15) is 0 Å². The lowest BCUT2D eigenvalue weighted by Crippen LogP contribution is -2.38. The smallest absolute Gasteiger partial charge is 0.255 e. The molecule has 0 aliphatic carbocycles. The average molecular weight is 358 g/mol. The van der Waals surface area contributed by atoms with E-state index in [2.05, 4.69) is 5.32 Å². The second kappa shape index (κ2) is 7.23. The predicted octanol–water partition coefficient (Wildman–Crippen LogP) is 3.76. The van der Waals surface area contributed by atoms with Crippen molar-refractivity contribution in [3.63, 3.8) is 0 Å². The van der Waals surface area contributed by atoms with E-state index in [1.165, 1.54) is 6.07 Å². The molecule has 0 fully saturated rings. The van der Waals surface area contributed by atoms with E-state index in [1.54, 1.807) is 6.07 Å². The van der Waals surface area contributed by atoms with Crippen LogP contribution in [0.2, 0.25) is 0 Å². The van der Waals surface area contributed by atoms with E-state index in [1.807, 2.05) is 30.9 Å². The van der Waals surface area contributed by atoms with Crippen LogP contribution in [0.25, 0.3) is 0 Å². The highest BCUT2D eigenvalue weighted by atomic mass is 19.2. The van der Waals surface area contributed by atoms with Gasteiger partial charge in [0, 0.05) is 30.3 Å². The molecule has 0 bridgehead atoms. The summed E-state index contributed by atoms with van der Waals surface area (Å²) in [7, 11) is 0. The van der Waals surface area contributed by atoms with E-state index in [9.17, 15) is 18.4 Å². The fraction of sp³-hybridized carbons (Fsp3) is 0.300. The Bertz CT molecular complexity index is 865. The molecular formula is C20H20F2N2O2. The van der Waals surface area contributed by atoms with Crippen LogP contribution in [0, 0.1) is 17.6 Å². The number of hydrogen-bond acceptors (Lipinski definition) is 2. The van der Waals surface area contributed by atoms with Crippen LogP contribution in [0.1, 0.15) is 35.3 Å². The van der Waals surface area contributed by atoms with Gasteiger partial charge in [0.15, 0.2) is 11.6 Å². The minimum Gasteiger partial charge on any atom is -0.338 e. The van der Waals surface area contributed by atoms with Gasteiger partial charge in [-0.05, 0) is 47.9 Å². The number of carbonyl (C=O) groups excluding carboxylic acids is 2. The SMILES string of the molecule is CC(C)C(=O)N1CCc2ccc(NC(=O)c3ccc(F)c(F)c3)cc2C1. The molecule has 0 saturated carbocycles. The second-order valence-electron chi connectivity index (χ2n) is 6.73. The number of rotatable bonds is 3. The van der Waals surface area contributed by atoms with Crippen molar-refractivity contribution in [3.05, 3.63) is 64.7 Å². The van der Waals surface area contributed by atoms with Crippen molar-refractivity contribution in [1.29, 1.82) is 0 Å². The molecule has 2 aromatic carbocycles. The summed E-state index contributed by atoms with van der Waals surface area (Å²) < 4.78 is 26.3. The molecule has 6 heteroatoms. The molecule has 1 N–H and O–H groups in total. The maximum absolute atomic E-state index is 13.3. The van der Waals surface area contributed by atoms with Crippen molar-refractivity contribution >= 4 is 17.5 Å². The van der Waals surface area contributed by atoms with Gasteiger partial charge in [-0.25, -0.2) is 8.78 Å². The van der Waals surface area contributed by atoms with Crippen LogP contribution in [0.5, 0.6) is 0 Å². The molecule has 1 aliphatic heterocycles. The lowest BCUT2D eigenvalue weighted by molar-refractivity contribution is -0.135. The van der Waals surface area contributed by atoms with Crippen molar-refractivity contribution in [2.75, 3.05) is 11.9 Å². The van der Waals surface area contributed by atoms with E-state index < -0.39 is 17.5 Å². The number of benzene rings is 2. The van der Waals surface area contributed by atoms with E-state index in [4.69, 9.17) is 0 Å². The molecule has 3 rings (SSSR count). The summed E-state index contributed by atoms with van der Waals surface area (Å²) in [6, 6.07) is 8.55. The highest BCUT2D eigenvalue weighted by Crippen LogP contribution is 2.24. The molecule has 1 heterocycles. The third-order valence-corrected chi connectivity index (χ3v) is 4.46. The van der Waals surface area contributed by atoms with Crippen molar-refractivity contribution in [2.24, 2.45) is 5.92 Å². The summed E-state index contributed by atoms with van der Waals surface area (Å²) in [6.07, 6.45) is 0.769. The van der Waals surface area contributed by atoms with Crippen LogP contribution in [-0.4, -0.2) is 23.3 Å². The first-order chi connectivity index (χ1) is 12.3. The molecule has 0 saturated heterocycles. The summed E-state index contributed by atoms with van der Waals surface area (Å²) in [5.74, 6) is -2.54. The van der Waals surface area contributed by atoms with Crippen LogP contribution in [0.15, 0.2) is 36.4 Å². The summed E-state index contributed by atoms with van der Waals surface area (Å²) in [4.78, 5) is 26.3. The van der Waals surface area contributed by atoms with Crippen molar-refractivity contribution in [1.82, 2.24) is 4.90 Å². The Kier molecular flexibility index (Phi) is 5.02. The van der Waals surface area contributed by atoms with E-state index >= 15 is 0 Å². The normalized spacial score (nSPS) is 13.5. The number of halogens is 2. The molecule has 0 radical (unpaired) electrons. The fourth-order valence-corrected chi connectivity index (χ4v) is 3.03. The van der Waals surface area contributed by atoms with Crippen LogP contribution in [0.3, 0.4) is 0 Å². The zero-order valence-corrected chi connectivity index (χ0v) is 14.7. The number of anilines is 1. The lowest BCUT2D eigenvalue weighted by atomic mass is 9.98. The third-order valence-electron chi connectivity index (χ3n) is 4.46. The third kappa shape index (κ3) is 3.74. The fourth-order valence-electron chi connectivity index (χ4n) is 3.03. The average Bonchev–Trinajstić information content (AvgIpc) is 2.62. The van der Waals surface area contributed by atoms with E-state index in [0.717, 1.165) is 29.7 Å². The Morgan fingerprint density at radius 2 is 1.81 bits per heavy atom. The Balaban J connectivity index is 1.76. The number of nitrogens with one attached hydrogen (secondary N) is 1. The molecular weight excluding hydrogens is 338 g/mol. The Labute approximate surface area is 150 Å². The minimum atomic E-state index is -1.06. The van der Waals surface area contributed by atoms with Gasteiger partial charge in [-0.1, -0.05) is 19.9 Å². The molecule has 26 heavy (non-hydrogen) atoms. The number of nitrogens with zero attached hydrogens (tertiary/aromatic N) is 1. The van der Waals surface area contributed by atoms with Crippen molar-refractivity contribution in [2.45, 2.75) is 26.8 Å². The van der Waals surface area contributed by atoms with Crippen LogP contribution in [0.4, 0.5) is 14.5 Å². The summed E-state index contributed by atoms with van der Waals surface area (Å²) in [6.45, 7) is 4.93. The number of fused-ring (bicyclic) bond motifs is 1. The first-order valence-electron chi connectivity index (χ1n) is 8.52. The molecule has 0 aromatic heterocycles. The lowest BCUT2D eigenvalue weighted by Gasteiger charge is -2.30. The molecule has 0 spiro atoms. The maximum atomic E-state index is 13.3. The Morgan fingerprint density at radius 3 is 2.50 bits per heavy atom. The molecule has 4 nitrogen and oxygen atoms in total. The van der Waals surface area contributed by atoms with Crippen LogP contribution >= 0.6 is 0 Å². The van der Waals surface area contributed by atoms with Crippen LogP contribution < -0.4 is 5.32 Å². The standard InChI is InChI=1S/C20H20F2N2O2/c1-12(2)20(26)24-8-7-13-3-5-16(9-15(13)11-24)23-19(25)14-4-6-17(21)18(22)10-14/h3-6,9-10,12H,7-8,11H2,1-2H3,(H,23,25). The van der Waals surface area contributed by atoms with E-state index in [0.29, 0.717) is 18.8 Å². The highest BCUT2D eigenvalue weighted by molar-refractivity contribution is 6.04. The van der Waals surface area contributed by atoms with Gasteiger partial charge in [0.05, 0.1) is 0 Å². The van der Waals surface area contributed by atoms with Gasteiger partial charge in [0.2, 0.25) is 5.91 Å². The first-order valence-corrected chi connectivity index (χ1v) is 8.52. The van der Waals surface area contributed by atoms with E-state index in [-0.39, 0.29) is 17.4 Å². The molecule has 1 aliphatic rings. The molecule has 2 amide bonds. The first kappa shape index (κ1) is 18.0. The molecule has 0 unspecified atom stereocenters. The van der Waals surface area contributed by atoms with Gasteiger partial charge < -0.3 is 10.2 Å².